The molecule has 0 radical (unpaired) electrons. The number of nitrogens with two attached hydrogens (primary N) is 1. The number of nitrogens with one attached hydrogen (secondary N) is 1. The van der Waals surface area contributed by atoms with Crippen LogP contribution in [0, 0.1) is 11.3 Å². The largest absolute Gasteiger partial charge is 0.393 e. The third-order valence-corrected chi connectivity index (χ3v) is 1.70. The van der Waals surface area contributed by atoms with Crippen LogP contribution in [0.3, 0.4) is 0 Å². The molecular formula is C7H12N2O. The van der Waals surface area contributed by atoms with Crippen molar-refractivity contribution < 1.29 is 5.11 Å². The zero-order valence-corrected chi connectivity index (χ0v) is 5.75. The summed E-state index contributed by atoms with van der Waals surface area (Å²) < 4.78 is 0. The molecule has 0 aromatic carbocycles. The lowest BCUT2D eigenvalue weighted by molar-refractivity contribution is 0.156. The molecule has 3 heteroatoms. The van der Waals surface area contributed by atoms with Crippen LogP contribution in [-0.2, 0) is 0 Å². The first-order chi connectivity index (χ1) is 4.70. The van der Waals surface area contributed by atoms with Gasteiger partial charge in [0.15, 0.2) is 0 Å². The fraction of sp³-hybridized carbons (Fsp3) is 0.571. The Bertz CT molecular complexity index is 165. The van der Waals surface area contributed by atoms with E-state index in [0.717, 1.165) is 0 Å². The molecule has 0 amide bonds. The molecule has 0 spiro atoms. The third-order valence-electron chi connectivity index (χ3n) is 1.70. The first-order valence-corrected chi connectivity index (χ1v) is 3.39. The Kier molecular flexibility index (Phi) is 2.06. The van der Waals surface area contributed by atoms with Crippen molar-refractivity contribution in [1.82, 2.24) is 0 Å². The van der Waals surface area contributed by atoms with E-state index in [1.165, 1.54) is 0 Å². The van der Waals surface area contributed by atoms with E-state index in [0.29, 0.717) is 12.8 Å². The standard InChI is InChI=1S/C7H12N2O/c8-7(9)5-2-1-3-6(10)4-5/h1-2,5-6,10H,3-4H2,(H3,8,9). The van der Waals surface area contributed by atoms with Gasteiger partial charge in [0.25, 0.3) is 0 Å². The number of rotatable bonds is 1. The minimum atomic E-state index is -0.307. The predicted molar refractivity (Wildman–Crippen MR) is 39.8 cm³/mol. The van der Waals surface area contributed by atoms with Crippen LogP contribution >= 0.6 is 0 Å². The van der Waals surface area contributed by atoms with Gasteiger partial charge in [-0.15, -0.1) is 0 Å². The smallest absolute Gasteiger partial charge is 0.0976 e. The minimum Gasteiger partial charge on any atom is -0.393 e. The Labute approximate surface area is 60.1 Å². The van der Waals surface area contributed by atoms with Crippen LogP contribution in [0.2, 0.25) is 0 Å². The number of aliphatic hydroxyl groups excluding tert-OH is 1. The molecule has 2 atom stereocenters. The maximum atomic E-state index is 9.12. The van der Waals surface area contributed by atoms with Crippen molar-refractivity contribution in [1.29, 1.82) is 5.41 Å². The fourth-order valence-electron chi connectivity index (χ4n) is 1.10. The van der Waals surface area contributed by atoms with Crippen molar-refractivity contribution in [3.8, 4) is 0 Å². The Morgan fingerprint density at radius 3 is 2.80 bits per heavy atom. The van der Waals surface area contributed by atoms with Crippen LogP contribution in [0.25, 0.3) is 0 Å². The van der Waals surface area contributed by atoms with Gasteiger partial charge in [-0.25, -0.2) is 0 Å². The zero-order chi connectivity index (χ0) is 7.56. The molecule has 0 fully saturated rings. The van der Waals surface area contributed by atoms with Gasteiger partial charge in [0.1, 0.15) is 0 Å². The van der Waals surface area contributed by atoms with Gasteiger partial charge in [0, 0.05) is 5.92 Å². The highest BCUT2D eigenvalue weighted by atomic mass is 16.3. The van der Waals surface area contributed by atoms with Crippen LogP contribution in [0.5, 0.6) is 0 Å². The van der Waals surface area contributed by atoms with Gasteiger partial charge in [-0.05, 0) is 12.8 Å². The molecule has 1 aliphatic carbocycles. The summed E-state index contributed by atoms with van der Waals surface area (Å²) >= 11 is 0. The normalized spacial score (nSPS) is 32.1. The summed E-state index contributed by atoms with van der Waals surface area (Å²) in [4.78, 5) is 0. The van der Waals surface area contributed by atoms with E-state index < -0.39 is 0 Å². The third kappa shape index (κ3) is 1.57. The molecule has 3 nitrogen and oxygen atoms in total. The molecule has 0 aromatic rings. The molecular weight excluding hydrogens is 128 g/mol. The highest BCUT2D eigenvalue weighted by Crippen LogP contribution is 2.16. The number of hydrogen-bond donors (Lipinski definition) is 3. The Hall–Kier alpha value is -0.830. The summed E-state index contributed by atoms with van der Waals surface area (Å²) in [6.07, 6.45) is 4.75. The average molecular weight is 140 g/mol. The highest BCUT2D eigenvalue weighted by Gasteiger charge is 2.16. The number of aliphatic hydroxyl groups is 1. The number of hydrogen-bond acceptors (Lipinski definition) is 2. The Morgan fingerprint density at radius 1 is 1.70 bits per heavy atom. The summed E-state index contributed by atoms with van der Waals surface area (Å²) in [5, 5.41) is 16.2. The molecule has 0 saturated heterocycles. The zero-order valence-electron chi connectivity index (χ0n) is 5.75. The van der Waals surface area contributed by atoms with E-state index >= 15 is 0 Å². The van der Waals surface area contributed by atoms with Crippen molar-refractivity contribution in [3.05, 3.63) is 12.2 Å². The second-order valence-electron chi connectivity index (χ2n) is 2.62. The number of amidine groups is 1. The summed E-state index contributed by atoms with van der Waals surface area (Å²) in [7, 11) is 0. The maximum Gasteiger partial charge on any atom is 0.0976 e. The first-order valence-electron chi connectivity index (χ1n) is 3.39. The molecule has 56 valence electrons. The van der Waals surface area contributed by atoms with Crippen LogP contribution < -0.4 is 5.73 Å². The van der Waals surface area contributed by atoms with Crippen LogP contribution in [0.4, 0.5) is 0 Å². The van der Waals surface area contributed by atoms with Crippen LogP contribution in [-0.4, -0.2) is 17.0 Å². The van der Waals surface area contributed by atoms with Crippen molar-refractivity contribution in [2.24, 2.45) is 11.7 Å². The molecule has 2 unspecified atom stereocenters. The van der Waals surface area contributed by atoms with Gasteiger partial charge in [-0.2, -0.15) is 0 Å². The van der Waals surface area contributed by atoms with Crippen molar-refractivity contribution in [3.63, 3.8) is 0 Å². The Morgan fingerprint density at radius 2 is 2.40 bits per heavy atom. The van der Waals surface area contributed by atoms with Gasteiger partial charge in [-0.3, -0.25) is 5.41 Å². The summed E-state index contributed by atoms with van der Waals surface area (Å²) in [5.41, 5.74) is 5.25. The maximum absolute atomic E-state index is 9.12. The first kappa shape index (κ1) is 7.28. The van der Waals surface area contributed by atoms with E-state index in [4.69, 9.17) is 16.2 Å². The van der Waals surface area contributed by atoms with E-state index in [1.807, 2.05) is 12.2 Å². The van der Waals surface area contributed by atoms with Gasteiger partial charge in [0.05, 0.1) is 11.9 Å². The predicted octanol–water partition coefficient (Wildman–Crippen LogP) is 0.249. The second-order valence-corrected chi connectivity index (χ2v) is 2.62. The lowest BCUT2D eigenvalue weighted by Gasteiger charge is -2.19. The second kappa shape index (κ2) is 2.84. The molecule has 0 saturated carbocycles. The molecule has 0 bridgehead atoms. The van der Waals surface area contributed by atoms with Crippen LogP contribution in [0.15, 0.2) is 12.2 Å². The minimum absolute atomic E-state index is 0.0382. The summed E-state index contributed by atoms with van der Waals surface area (Å²) in [6, 6.07) is 0. The lowest BCUT2D eigenvalue weighted by atomic mass is 9.93. The molecule has 10 heavy (non-hydrogen) atoms. The molecule has 0 aromatic heterocycles. The molecule has 1 rings (SSSR count). The van der Waals surface area contributed by atoms with E-state index in [-0.39, 0.29) is 17.9 Å². The van der Waals surface area contributed by atoms with E-state index in [9.17, 15) is 0 Å². The van der Waals surface area contributed by atoms with Crippen molar-refractivity contribution >= 4 is 5.84 Å². The summed E-state index contributed by atoms with van der Waals surface area (Å²) in [6.45, 7) is 0. The van der Waals surface area contributed by atoms with Crippen molar-refractivity contribution in [2.45, 2.75) is 18.9 Å². The molecule has 4 N–H and O–H groups in total. The van der Waals surface area contributed by atoms with E-state index in [2.05, 4.69) is 0 Å². The SMILES string of the molecule is N=C(N)C1C=CCC(O)C1. The average Bonchev–Trinajstić information content (AvgIpc) is 1.88. The molecule has 1 aliphatic rings. The quantitative estimate of drug-likeness (QED) is 0.277. The van der Waals surface area contributed by atoms with Crippen molar-refractivity contribution in [2.75, 3.05) is 0 Å². The lowest BCUT2D eigenvalue weighted by Crippen LogP contribution is -2.27. The summed E-state index contributed by atoms with van der Waals surface area (Å²) in [5.74, 6) is 0.110. The molecule has 0 heterocycles. The monoisotopic (exact) mass is 140 g/mol. The topological polar surface area (TPSA) is 70.1 Å². The fourth-order valence-corrected chi connectivity index (χ4v) is 1.10. The van der Waals surface area contributed by atoms with Gasteiger partial charge in [-0.1, -0.05) is 12.2 Å². The Balaban J connectivity index is 2.55. The van der Waals surface area contributed by atoms with Gasteiger partial charge in [0.2, 0.25) is 0 Å². The van der Waals surface area contributed by atoms with Gasteiger partial charge < -0.3 is 10.8 Å². The van der Waals surface area contributed by atoms with E-state index in [1.54, 1.807) is 0 Å². The van der Waals surface area contributed by atoms with Gasteiger partial charge >= 0.3 is 0 Å². The highest BCUT2D eigenvalue weighted by molar-refractivity contribution is 5.81. The van der Waals surface area contributed by atoms with Crippen LogP contribution in [0.1, 0.15) is 12.8 Å². The molecule has 0 aliphatic heterocycles.